The monoisotopic (exact) mass is 314 g/mol. The molecule has 21 heavy (non-hydrogen) atoms. The zero-order valence-electron chi connectivity index (χ0n) is 13.5. The molecule has 0 radical (unpaired) electrons. The Morgan fingerprint density at radius 2 is 1.71 bits per heavy atom. The fourth-order valence-corrected chi connectivity index (χ4v) is 2.90. The minimum Gasteiger partial charge on any atom is -0.410 e. The van der Waals surface area contributed by atoms with Gasteiger partial charge in [0.1, 0.15) is 0 Å². The van der Waals surface area contributed by atoms with E-state index in [1.807, 2.05) is 13.0 Å². The molecule has 1 aromatic rings. The summed E-state index contributed by atoms with van der Waals surface area (Å²) in [7, 11) is 0.508. The Bertz CT molecular complexity index is 486. The molecular formula is C14H24BO5P. The maximum absolute atomic E-state index is 12.4. The maximum atomic E-state index is 12.4. The van der Waals surface area contributed by atoms with E-state index < -0.39 is 14.7 Å². The summed E-state index contributed by atoms with van der Waals surface area (Å²) < 4.78 is 33.7. The van der Waals surface area contributed by atoms with Crippen LogP contribution in [0.15, 0.2) is 24.3 Å². The van der Waals surface area contributed by atoms with Crippen molar-refractivity contribution in [2.75, 3.05) is 21.3 Å². The SMILES string of the molecule is COB(OC(C)C(C)C)c1cccc(P(=O)(OC)OC)c1. The lowest BCUT2D eigenvalue weighted by molar-refractivity contribution is 0.135. The van der Waals surface area contributed by atoms with Gasteiger partial charge in [-0.05, 0) is 30.4 Å². The van der Waals surface area contributed by atoms with Gasteiger partial charge in [0.25, 0.3) is 0 Å². The van der Waals surface area contributed by atoms with E-state index in [4.69, 9.17) is 18.4 Å². The van der Waals surface area contributed by atoms with Gasteiger partial charge in [-0.15, -0.1) is 0 Å². The van der Waals surface area contributed by atoms with Crippen LogP contribution in [0.4, 0.5) is 0 Å². The smallest absolute Gasteiger partial charge is 0.410 e. The molecule has 1 unspecified atom stereocenters. The zero-order chi connectivity index (χ0) is 16.0. The highest BCUT2D eigenvalue weighted by molar-refractivity contribution is 7.62. The Hall–Kier alpha value is -0.645. The number of hydrogen-bond donors (Lipinski definition) is 0. The second-order valence-electron chi connectivity index (χ2n) is 5.11. The molecule has 0 spiro atoms. The van der Waals surface area contributed by atoms with Crippen LogP contribution in [-0.2, 0) is 22.9 Å². The van der Waals surface area contributed by atoms with Crippen LogP contribution in [0, 0.1) is 5.92 Å². The lowest BCUT2D eigenvalue weighted by Crippen LogP contribution is -2.41. The summed E-state index contributed by atoms with van der Waals surface area (Å²) in [5.41, 5.74) is 0.775. The molecule has 0 aliphatic rings. The first kappa shape index (κ1) is 18.4. The third-order valence-electron chi connectivity index (χ3n) is 3.43. The van der Waals surface area contributed by atoms with Crippen LogP contribution in [0.25, 0.3) is 0 Å². The second kappa shape index (κ2) is 8.11. The summed E-state index contributed by atoms with van der Waals surface area (Å²) in [6.07, 6.45) is 0.0373. The van der Waals surface area contributed by atoms with Gasteiger partial charge in [-0.3, -0.25) is 4.57 Å². The van der Waals surface area contributed by atoms with E-state index in [-0.39, 0.29) is 6.10 Å². The van der Waals surface area contributed by atoms with Crippen molar-refractivity contribution in [2.45, 2.75) is 26.9 Å². The average Bonchev–Trinajstić information content (AvgIpc) is 2.51. The van der Waals surface area contributed by atoms with Crippen LogP contribution in [0.5, 0.6) is 0 Å². The summed E-state index contributed by atoms with van der Waals surface area (Å²) in [6.45, 7) is 6.16. The molecule has 0 saturated heterocycles. The fraction of sp³-hybridized carbons (Fsp3) is 0.571. The first-order chi connectivity index (χ1) is 9.87. The van der Waals surface area contributed by atoms with Crippen molar-refractivity contribution in [3.63, 3.8) is 0 Å². The van der Waals surface area contributed by atoms with Crippen LogP contribution in [0.2, 0.25) is 0 Å². The summed E-state index contributed by atoms with van der Waals surface area (Å²) >= 11 is 0. The quantitative estimate of drug-likeness (QED) is 0.544. The molecule has 0 aliphatic carbocycles. The average molecular weight is 314 g/mol. The van der Waals surface area contributed by atoms with E-state index in [1.165, 1.54) is 14.2 Å². The molecule has 1 rings (SSSR count). The van der Waals surface area contributed by atoms with Gasteiger partial charge < -0.3 is 18.4 Å². The lowest BCUT2D eigenvalue weighted by atomic mass is 9.78. The van der Waals surface area contributed by atoms with Crippen LogP contribution >= 0.6 is 7.60 Å². The molecule has 0 aliphatic heterocycles. The third-order valence-corrected chi connectivity index (χ3v) is 5.30. The number of hydrogen-bond acceptors (Lipinski definition) is 5. The van der Waals surface area contributed by atoms with Crippen molar-refractivity contribution < 1.29 is 22.9 Å². The zero-order valence-corrected chi connectivity index (χ0v) is 14.4. The van der Waals surface area contributed by atoms with E-state index in [2.05, 4.69) is 13.8 Å². The third kappa shape index (κ3) is 4.66. The molecule has 0 saturated carbocycles. The molecule has 118 valence electrons. The summed E-state index contributed by atoms with van der Waals surface area (Å²) in [5.74, 6) is 0.370. The predicted octanol–water partition coefficient (Wildman–Crippen LogP) is 2.20. The highest BCUT2D eigenvalue weighted by Crippen LogP contribution is 2.44. The largest absolute Gasteiger partial charge is 0.493 e. The Kier molecular flexibility index (Phi) is 7.11. The Morgan fingerprint density at radius 1 is 1.10 bits per heavy atom. The Balaban J connectivity index is 3.04. The van der Waals surface area contributed by atoms with Crippen LogP contribution in [0.1, 0.15) is 20.8 Å². The van der Waals surface area contributed by atoms with Crippen molar-refractivity contribution >= 4 is 25.5 Å². The van der Waals surface area contributed by atoms with Crippen molar-refractivity contribution in [3.05, 3.63) is 24.3 Å². The summed E-state index contributed by atoms with van der Waals surface area (Å²) in [6, 6.07) is 7.08. The fourth-order valence-electron chi connectivity index (χ4n) is 1.75. The molecular weight excluding hydrogens is 290 g/mol. The topological polar surface area (TPSA) is 54.0 Å². The highest BCUT2D eigenvalue weighted by Gasteiger charge is 2.29. The molecule has 7 heteroatoms. The van der Waals surface area contributed by atoms with Gasteiger partial charge in [0.05, 0.1) is 5.30 Å². The van der Waals surface area contributed by atoms with Gasteiger partial charge in [0, 0.05) is 27.4 Å². The van der Waals surface area contributed by atoms with Gasteiger partial charge in [-0.25, -0.2) is 0 Å². The van der Waals surface area contributed by atoms with Crippen molar-refractivity contribution in [1.29, 1.82) is 0 Å². The van der Waals surface area contributed by atoms with Crippen molar-refractivity contribution in [1.82, 2.24) is 0 Å². The lowest BCUT2D eigenvalue weighted by Gasteiger charge is -2.22. The Labute approximate surface area is 127 Å². The molecule has 0 aromatic heterocycles. The maximum Gasteiger partial charge on any atom is 0.493 e. The van der Waals surface area contributed by atoms with Crippen molar-refractivity contribution in [3.8, 4) is 0 Å². The van der Waals surface area contributed by atoms with Crippen LogP contribution in [-0.4, -0.2) is 34.6 Å². The van der Waals surface area contributed by atoms with Gasteiger partial charge in [0.2, 0.25) is 0 Å². The summed E-state index contributed by atoms with van der Waals surface area (Å²) in [4.78, 5) is 0. The van der Waals surface area contributed by atoms with Gasteiger partial charge in [-0.2, -0.15) is 0 Å². The van der Waals surface area contributed by atoms with Crippen LogP contribution < -0.4 is 10.8 Å². The van der Waals surface area contributed by atoms with Crippen molar-refractivity contribution in [2.24, 2.45) is 5.92 Å². The normalized spacial score (nSPS) is 13.5. The van der Waals surface area contributed by atoms with E-state index in [0.29, 0.717) is 11.2 Å². The number of rotatable bonds is 8. The molecule has 0 amide bonds. The molecule has 1 aromatic carbocycles. The Morgan fingerprint density at radius 3 is 2.19 bits per heavy atom. The van der Waals surface area contributed by atoms with Gasteiger partial charge in [0.15, 0.2) is 0 Å². The molecule has 0 fully saturated rings. The van der Waals surface area contributed by atoms with Gasteiger partial charge >= 0.3 is 14.7 Å². The van der Waals surface area contributed by atoms with Crippen LogP contribution in [0.3, 0.4) is 0 Å². The highest BCUT2D eigenvalue weighted by atomic mass is 31.2. The van der Waals surface area contributed by atoms with E-state index in [0.717, 1.165) is 5.46 Å². The molecule has 0 N–H and O–H groups in total. The summed E-state index contributed by atoms with van der Waals surface area (Å²) in [5, 5.41) is 0.479. The standard InChI is InChI=1S/C14H24BO5P/c1-11(2)12(3)20-15(17-4)13-8-7-9-14(10-13)21(16,18-5)19-6/h7-12H,1-6H3. The predicted molar refractivity (Wildman–Crippen MR) is 85.5 cm³/mol. The molecule has 0 heterocycles. The van der Waals surface area contributed by atoms with E-state index in [1.54, 1.807) is 25.3 Å². The van der Waals surface area contributed by atoms with Gasteiger partial charge in [-0.1, -0.05) is 26.0 Å². The molecule has 0 bridgehead atoms. The van der Waals surface area contributed by atoms with E-state index in [9.17, 15) is 4.57 Å². The molecule has 1 atom stereocenters. The minimum atomic E-state index is -3.28. The number of benzene rings is 1. The molecule has 5 nitrogen and oxygen atoms in total. The first-order valence-electron chi connectivity index (χ1n) is 6.88. The van der Waals surface area contributed by atoms with E-state index >= 15 is 0 Å². The second-order valence-corrected chi connectivity index (χ2v) is 7.35. The minimum absolute atomic E-state index is 0.0373. The first-order valence-corrected chi connectivity index (χ1v) is 8.42.